The Balaban J connectivity index is 1.78. The van der Waals surface area contributed by atoms with Gasteiger partial charge in [-0.15, -0.1) is 0 Å². The van der Waals surface area contributed by atoms with Crippen LogP contribution in [0.25, 0.3) is 10.8 Å². The van der Waals surface area contributed by atoms with E-state index in [1.807, 2.05) is 19.9 Å². The molecule has 1 N–H and O–H groups in total. The first kappa shape index (κ1) is 20.7. The highest BCUT2D eigenvalue weighted by Crippen LogP contribution is 2.26. The lowest BCUT2D eigenvalue weighted by atomic mass is 10.1. The molecular formula is C20H27N3O4S. The van der Waals surface area contributed by atoms with Crippen LogP contribution < -0.4 is 0 Å². The Morgan fingerprint density at radius 3 is 2.71 bits per heavy atom. The SMILES string of the molecule is CC(C)C[C@H](O)C(=O)N1CCCN(S(=O)(=O)c2cccc3cnccc23)CC1. The topological polar surface area (TPSA) is 90.8 Å². The van der Waals surface area contributed by atoms with Gasteiger partial charge in [0.1, 0.15) is 6.10 Å². The van der Waals surface area contributed by atoms with Gasteiger partial charge in [-0.1, -0.05) is 26.0 Å². The Kier molecular flexibility index (Phi) is 6.32. The highest BCUT2D eigenvalue weighted by atomic mass is 32.2. The van der Waals surface area contributed by atoms with Crippen molar-refractivity contribution < 1.29 is 18.3 Å². The maximum Gasteiger partial charge on any atom is 0.251 e. The number of rotatable bonds is 5. The molecule has 0 radical (unpaired) electrons. The molecule has 1 aromatic carbocycles. The summed E-state index contributed by atoms with van der Waals surface area (Å²) in [6.45, 7) is 5.18. The predicted octanol–water partition coefficient (Wildman–Crippen LogP) is 1.86. The first-order chi connectivity index (χ1) is 13.3. The number of benzene rings is 1. The van der Waals surface area contributed by atoms with Gasteiger partial charge in [-0.3, -0.25) is 9.78 Å². The molecule has 3 rings (SSSR count). The molecule has 1 atom stereocenters. The van der Waals surface area contributed by atoms with Gasteiger partial charge in [0.15, 0.2) is 0 Å². The molecule has 1 aliphatic rings. The van der Waals surface area contributed by atoms with Crippen molar-refractivity contribution in [3.05, 3.63) is 36.7 Å². The summed E-state index contributed by atoms with van der Waals surface area (Å²) >= 11 is 0. The van der Waals surface area contributed by atoms with Crippen molar-refractivity contribution in [3.8, 4) is 0 Å². The van der Waals surface area contributed by atoms with Crippen LogP contribution in [-0.4, -0.2) is 65.9 Å². The van der Waals surface area contributed by atoms with Crippen LogP contribution in [0.15, 0.2) is 41.6 Å². The number of aliphatic hydroxyl groups excluding tert-OH is 1. The number of fused-ring (bicyclic) bond motifs is 1. The number of hydrogen-bond donors (Lipinski definition) is 1. The van der Waals surface area contributed by atoms with Crippen molar-refractivity contribution in [1.29, 1.82) is 0 Å². The normalized spacial score (nSPS) is 17.6. The summed E-state index contributed by atoms with van der Waals surface area (Å²) < 4.78 is 28.0. The molecule has 152 valence electrons. The molecule has 0 aliphatic carbocycles. The minimum Gasteiger partial charge on any atom is -0.383 e. The monoisotopic (exact) mass is 405 g/mol. The number of hydrogen-bond acceptors (Lipinski definition) is 5. The van der Waals surface area contributed by atoms with E-state index in [-0.39, 0.29) is 29.8 Å². The van der Waals surface area contributed by atoms with E-state index in [1.54, 1.807) is 35.5 Å². The third-order valence-corrected chi connectivity index (χ3v) is 6.96. The molecule has 0 bridgehead atoms. The summed E-state index contributed by atoms with van der Waals surface area (Å²) in [5, 5.41) is 11.5. The number of nitrogens with zero attached hydrogens (tertiary/aromatic N) is 3. The van der Waals surface area contributed by atoms with Gasteiger partial charge in [0.25, 0.3) is 5.91 Å². The molecule has 1 amide bonds. The highest BCUT2D eigenvalue weighted by Gasteiger charge is 2.31. The van der Waals surface area contributed by atoms with Crippen LogP contribution in [0.3, 0.4) is 0 Å². The lowest BCUT2D eigenvalue weighted by Gasteiger charge is -2.25. The van der Waals surface area contributed by atoms with Crippen LogP contribution >= 0.6 is 0 Å². The van der Waals surface area contributed by atoms with Gasteiger partial charge in [-0.2, -0.15) is 4.31 Å². The zero-order chi connectivity index (χ0) is 20.3. The molecule has 1 aliphatic heterocycles. The summed E-state index contributed by atoms with van der Waals surface area (Å²) in [6, 6.07) is 6.86. The maximum absolute atomic E-state index is 13.3. The summed E-state index contributed by atoms with van der Waals surface area (Å²) in [4.78, 5) is 18.4. The molecule has 2 heterocycles. The molecule has 7 nitrogen and oxygen atoms in total. The van der Waals surface area contributed by atoms with Crippen molar-refractivity contribution in [2.75, 3.05) is 26.2 Å². The lowest BCUT2D eigenvalue weighted by Crippen LogP contribution is -2.42. The molecule has 1 aromatic heterocycles. The largest absolute Gasteiger partial charge is 0.383 e. The van der Waals surface area contributed by atoms with Crippen LogP contribution in [0.2, 0.25) is 0 Å². The molecule has 2 aromatic rings. The van der Waals surface area contributed by atoms with E-state index in [2.05, 4.69) is 4.98 Å². The van der Waals surface area contributed by atoms with E-state index in [4.69, 9.17) is 0 Å². The van der Waals surface area contributed by atoms with Crippen molar-refractivity contribution in [1.82, 2.24) is 14.2 Å². The van der Waals surface area contributed by atoms with Crippen LogP contribution in [0.4, 0.5) is 0 Å². The fourth-order valence-corrected chi connectivity index (χ4v) is 5.25. The second-order valence-corrected chi connectivity index (χ2v) is 9.49. The average Bonchev–Trinajstić information content (AvgIpc) is 2.93. The van der Waals surface area contributed by atoms with Crippen molar-refractivity contribution >= 4 is 26.7 Å². The highest BCUT2D eigenvalue weighted by molar-refractivity contribution is 7.89. The lowest BCUT2D eigenvalue weighted by molar-refractivity contribution is -0.140. The summed E-state index contributed by atoms with van der Waals surface area (Å²) in [5.41, 5.74) is 0. The summed E-state index contributed by atoms with van der Waals surface area (Å²) in [6.07, 6.45) is 3.13. The van der Waals surface area contributed by atoms with Gasteiger partial charge < -0.3 is 10.0 Å². The molecule has 0 unspecified atom stereocenters. The van der Waals surface area contributed by atoms with Crippen LogP contribution in [0.5, 0.6) is 0 Å². The fourth-order valence-electron chi connectivity index (χ4n) is 3.57. The average molecular weight is 406 g/mol. The summed E-state index contributed by atoms with van der Waals surface area (Å²) in [5.74, 6) is -0.104. The number of sulfonamides is 1. The third kappa shape index (κ3) is 4.34. The Morgan fingerprint density at radius 1 is 1.18 bits per heavy atom. The number of pyridine rings is 1. The van der Waals surface area contributed by atoms with Crippen molar-refractivity contribution in [3.63, 3.8) is 0 Å². The first-order valence-electron chi connectivity index (χ1n) is 9.60. The Bertz CT molecular complexity index is 940. The number of amides is 1. The first-order valence-corrected chi connectivity index (χ1v) is 11.0. The maximum atomic E-state index is 13.3. The second-order valence-electron chi connectivity index (χ2n) is 7.58. The van der Waals surface area contributed by atoms with E-state index in [9.17, 15) is 18.3 Å². The van der Waals surface area contributed by atoms with Gasteiger partial charge in [-0.05, 0) is 30.9 Å². The standard InChI is InChI=1S/C20H27N3O4S/c1-15(2)13-18(24)20(25)22-9-4-10-23(12-11-22)28(26,27)19-6-3-5-16-14-21-8-7-17(16)19/h3,5-8,14-15,18,24H,4,9-13H2,1-2H3/t18-/m0/s1. The van der Waals surface area contributed by atoms with E-state index in [0.717, 1.165) is 5.39 Å². The van der Waals surface area contributed by atoms with E-state index < -0.39 is 16.1 Å². The number of carbonyl (C=O) groups is 1. The van der Waals surface area contributed by atoms with Gasteiger partial charge in [0.2, 0.25) is 10.0 Å². The van der Waals surface area contributed by atoms with E-state index in [0.29, 0.717) is 31.3 Å². The minimum absolute atomic E-state index is 0.212. The molecule has 8 heteroatoms. The van der Waals surface area contributed by atoms with Gasteiger partial charge in [0.05, 0.1) is 4.90 Å². The molecule has 1 fully saturated rings. The van der Waals surface area contributed by atoms with Crippen LogP contribution in [-0.2, 0) is 14.8 Å². The van der Waals surface area contributed by atoms with Gasteiger partial charge >= 0.3 is 0 Å². The van der Waals surface area contributed by atoms with Crippen molar-refractivity contribution in [2.45, 2.75) is 37.7 Å². The van der Waals surface area contributed by atoms with E-state index in [1.165, 1.54) is 4.31 Å². The summed E-state index contributed by atoms with van der Waals surface area (Å²) in [7, 11) is -3.70. The Morgan fingerprint density at radius 2 is 1.96 bits per heavy atom. The van der Waals surface area contributed by atoms with Gasteiger partial charge in [-0.25, -0.2) is 8.42 Å². The molecular weight excluding hydrogens is 378 g/mol. The quantitative estimate of drug-likeness (QED) is 0.820. The molecule has 28 heavy (non-hydrogen) atoms. The number of carbonyl (C=O) groups excluding carboxylic acids is 1. The fraction of sp³-hybridized carbons (Fsp3) is 0.500. The zero-order valence-electron chi connectivity index (χ0n) is 16.3. The predicted molar refractivity (Wildman–Crippen MR) is 107 cm³/mol. The number of aliphatic hydroxyl groups is 1. The zero-order valence-corrected chi connectivity index (χ0v) is 17.1. The van der Waals surface area contributed by atoms with Crippen LogP contribution in [0, 0.1) is 5.92 Å². The molecule has 0 saturated carbocycles. The van der Waals surface area contributed by atoms with Gasteiger partial charge in [0, 0.05) is 49.3 Å². The van der Waals surface area contributed by atoms with E-state index >= 15 is 0 Å². The smallest absolute Gasteiger partial charge is 0.251 e. The molecule has 1 saturated heterocycles. The molecule has 0 spiro atoms. The Labute approximate surface area is 166 Å². The van der Waals surface area contributed by atoms with Crippen molar-refractivity contribution in [2.24, 2.45) is 5.92 Å². The minimum atomic E-state index is -3.70. The third-order valence-electron chi connectivity index (χ3n) is 5.00. The number of aromatic nitrogens is 1. The van der Waals surface area contributed by atoms with Crippen LogP contribution in [0.1, 0.15) is 26.7 Å². The Hall–Kier alpha value is -2.03. The second kappa shape index (κ2) is 8.55.